The largest absolute Gasteiger partial charge is 0.494 e. The van der Waals surface area contributed by atoms with Crippen molar-refractivity contribution in [3.63, 3.8) is 0 Å². The predicted molar refractivity (Wildman–Crippen MR) is 75.1 cm³/mol. The average Bonchev–Trinajstić information content (AvgIpc) is 2.82. The van der Waals surface area contributed by atoms with Crippen LogP contribution >= 0.6 is 11.3 Å². The number of aryl methyl sites for hydroxylation is 1. The SMILES string of the molecule is CCCOc1cccc(C(N)c2nc(C)cs2)c1. The van der Waals surface area contributed by atoms with E-state index in [-0.39, 0.29) is 6.04 Å². The second-order valence-electron chi connectivity index (χ2n) is 4.23. The molecule has 1 aromatic carbocycles. The predicted octanol–water partition coefficient (Wildman–Crippen LogP) is 3.29. The van der Waals surface area contributed by atoms with Gasteiger partial charge in [-0.1, -0.05) is 19.1 Å². The number of ether oxygens (including phenoxy) is 1. The van der Waals surface area contributed by atoms with Crippen LogP contribution in [-0.2, 0) is 0 Å². The van der Waals surface area contributed by atoms with Crippen LogP contribution in [0.2, 0.25) is 0 Å². The third kappa shape index (κ3) is 3.09. The molecule has 2 N–H and O–H groups in total. The highest BCUT2D eigenvalue weighted by molar-refractivity contribution is 7.09. The summed E-state index contributed by atoms with van der Waals surface area (Å²) < 4.78 is 5.61. The molecule has 0 fully saturated rings. The molecular weight excluding hydrogens is 244 g/mol. The zero-order chi connectivity index (χ0) is 13.0. The van der Waals surface area contributed by atoms with Gasteiger partial charge in [-0.15, -0.1) is 11.3 Å². The summed E-state index contributed by atoms with van der Waals surface area (Å²) in [6.45, 7) is 4.80. The summed E-state index contributed by atoms with van der Waals surface area (Å²) >= 11 is 1.60. The van der Waals surface area contributed by atoms with Crippen molar-refractivity contribution in [3.8, 4) is 5.75 Å². The lowest BCUT2D eigenvalue weighted by molar-refractivity contribution is 0.317. The van der Waals surface area contributed by atoms with Gasteiger partial charge in [0.05, 0.1) is 12.6 Å². The minimum atomic E-state index is -0.172. The molecule has 96 valence electrons. The molecular formula is C14H18N2OS. The van der Waals surface area contributed by atoms with Gasteiger partial charge in [-0.2, -0.15) is 0 Å². The highest BCUT2D eigenvalue weighted by atomic mass is 32.1. The highest BCUT2D eigenvalue weighted by Gasteiger charge is 2.13. The third-order valence-corrected chi connectivity index (χ3v) is 3.64. The monoisotopic (exact) mass is 262 g/mol. The number of rotatable bonds is 5. The lowest BCUT2D eigenvalue weighted by Crippen LogP contribution is -2.11. The summed E-state index contributed by atoms with van der Waals surface area (Å²) in [6.07, 6.45) is 1.00. The van der Waals surface area contributed by atoms with Crippen LogP contribution in [0.5, 0.6) is 5.75 Å². The van der Waals surface area contributed by atoms with Gasteiger partial charge >= 0.3 is 0 Å². The maximum atomic E-state index is 6.22. The Labute approximate surface area is 112 Å². The first kappa shape index (κ1) is 13.1. The lowest BCUT2D eigenvalue weighted by Gasteiger charge is -2.11. The summed E-state index contributed by atoms with van der Waals surface area (Å²) in [4.78, 5) is 4.43. The van der Waals surface area contributed by atoms with E-state index >= 15 is 0 Å². The Hall–Kier alpha value is -1.39. The highest BCUT2D eigenvalue weighted by Crippen LogP contribution is 2.25. The minimum Gasteiger partial charge on any atom is -0.494 e. The van der Waals surface area contributed by atoms with Gasteiger partial charge in [-0.3, -0.25) is 0 Å². The van der Waals surface area contributed by atoms with Crippen molar-refractivity contribution >= 4 is 11.3 Å². The molecule has 2 aromatic rings. The van der Waals surface area contributed by atoms with E-state index in [2.05, 4.69) is 11.9 Å². The van der Waals surface area contributed by atoms with E-state index in [1.54, 1.807) is 11.3 Å². The summed E-state index contributed by atoms with van der Waals surface area (Å²) in [5.74, 6) is 0.873. The third-order valence-electron chi connectivity index (χ3n) is 2.59. The van der Waals surface area contributed by atoms with E-state index in [1.807, 2.05) is 36.6 Å². The first-order valence-corrected chi connectivity index (χ1v) is 6.99. The number of nitrogens with zero attached hydrogens (tertiary/aromatic N) is 1. The lowest BCUT2D eigenvalue weighted by atomic mass is 10.1. The summed E-state index contributed by atoms with van der Waals surface area (Å²) in [5.41, 5.74) is 8.28. The topological polar surface area (TPSA) is 48.1 Å². The smallest absolute Gasteiger partial charge is 0.119 e. The summed E-state index contributed by atoms with van der Waals surface area (Å²) in [5, 5.41) is 2.97. The molecule has 18 heavy (non-hydrogen) atoms. The van der Waals surface area contributed by atoms with Gasteiger partial charge in [0, 0.05) is 11.1 Å². The van der Waals surface area contributed by atoms with Crippen LogP contribution in [0.4, 0.5) is 0 Å². The van der Waals surface area contributed by atoms with E-state index in [0.29, 0.717) is 0 Å². The molecule has 0 radical (unpaired) electrons. The quantitative estimate of drug-likeness (QED) is 0.899. The molecule has 1 unspecified atom stereocenters. The molecule has 3 nitrogen and oxygen atoms in total. The molecule has 0 saturated heterocycles. The standard InChI is InChI=1S/C14H18N2OS/c1-3-7-17-12-6-4-5-11(8-12)13(15)14-16-10(2)9-18-14/h4-6,8-9,13H,3,7,15H2,1-2H3. The first-order valence-electron chi connectivity index (χ1n) is 6.11. The summed E-state index contributed by atoms with van der Waals surface area (Å²) in [6, 6.07) is 7.77. The van der Waals surface area contributed by atoms with E-state index < -0.39 is 0 Å². The van der Waals surface area contributed by atoms with Gasteiger partial charge in [0.15, 0.2) is 0 Å². The van der Waals surface area contributed by atoms with Crippen molar-refractivity contribution in [3.05, 3.63) is 45.9 Å². The molecule has 1 atom stereocenters. The molecule has 4 heteroatoms. The van der Waals surface area contributed by atoms with Crippen LogP contribution in [0.3, 0.4) is 0 Å². The van der Waals surface area contributed by atoms with Gasteiger partial charge < -0.3 is 10.5 Å². The Morgan fingerprint density at radius 1 is 1.44 bits per heavy atom. The van der Waals surface area contributed by atoms with Crippen molar-refractivity contribution in [1.29, 1.82) is 0 Å². The number of benzene rings is 1. The molecule has 0 bridgehead atoms. The molecule has 0 amide bonds. The van der Waals surface area contributed by atoms with E-state index in [9.17, 15) is 0 Å². The Morgan fingerprint density at radius 2 is 2.28 bits per heavy atom. The van der Waals surface area contributed by atoms with Crippen molar-refractivity contribution in [2.24, 2.45) is 5.73 Å². The van der Waals surface area contributed by atoms with Crippen molar-refractivity contribution in [2.75, 3.05) is 6.61 Å². The maximum absolute atomic E-state index is 6.22. The molecule has 2 rings (SSSR count). The number of hydrogen-bond acceptors (Lipinski definition) is 4. The Bertz CT molecular complexity index is 510. The van der Waals surface area contributed by atoms with Crippen molar-refractivity contribution in [2.45, 2.75) is 26.3 Å². The first-order chi connectivity index (χ1) is 8.70. The van der Waals surface area contributed by atoms with Crippen LogP contribution < -0.4 is 10.5 Å². The van der Waals surface area contributed by atoms with Gasteiger partial charge in [0.2, 0.25) is 0 Å². The Balaban J connectivity index is 2.17. The number of aromatic nitrogens is 1. The summed E-state index contributed by atoms with van der Waals surface area (Å²) in [7, 11) is 0. The van der Waals surface area contributed by atoms with Gasteiger partial charge in [0.1, 0.15) is 10.8 Å². The molecule has 1 heterocycles. The molecule has 0 aliphatic rings. The maximum Gasteiger partial charge on any atom is 0.119 e. The van der Waals surface area contributed by atoms with E-state index in [4.69, 9.17) is 10.5 Å². The molecule has 1 aromatic heterocycles. The number of nitrogens with two attached hydrogens (primary N) is 1. The second-order valence-corrected chi connectivity index (χ2v) is 5.12. The van der Waals surface area contributed by atoms with Gasteiger partial charge in [-0.25, -0.2) is 4.98 Å². The van der Waals surface area contributed by atoms with Crippen molar-refractivity contribution < 1.29 is 4.74 Å². The second kappa shape index (κ2) is 5.98. The average molecular weight is 262 g/mol. The van der Waals surface area contributed by atoms with Crippen LogP contribution in [0, 0.1) is 6.92 Å². The van der Waals surface area contributed by atoms with Crippen LogP contribution in [0.1, 0.15) is 35.7 Å². The number of thiazole rings is 1. The Morgan fingerprint density at radius 3 is 2.94 bits per heavy atom. The fraction of sp³-hybridized carbons (Fsp3) is 0.357. The fourth-order valence-electron chi connectivity index (χ4n) is 1.68. The Kier molecular flexibility index (Phi) is 4.33. The normalized spacial score (nSPS) is 12.4. The minimum absolute atomic E-state index is 0.172. The zero-order valence-electron chi connectivity index (χ0n) is 10.7. The van der Waals surface area contributed by atoms with Crippen LogP contribution in [0.25, 0.3) is 0 Å². The molecule has 0 aliphatic heterocycles. The number of hydrogen-bond donors (Lipinski definition) is 1. The van der Waals surface area contributed by atoms with E-state index in [0.717, 1.165) is 35.0 Å². The zero-order valence-corrected chi connectivity index (χ0v) is 11.5. The van der Waals surface area contributed by atoms with Gasteiger partial charge in [0.25, 0.3) is 0 Å². The van der Waals surface area contributed by atoms with Crippen LogP contribution in [-0.4, -0.2) is 11.6 Å². The molecule has 0 aliphatic carbocycles. The van der Waals surface area contributed by atoms with Crippen molar-refractivity contribution in [1.82, 2.24) is 4.98 Å². The fourth-order valence-corrected chi connectivity index (χ4v) is 2.50. The van der Waals surface area contributed by atoms with E-state index in [1.165, 1.54) is 0 Å². The molecule has 0 saturated carbocycles. The van der Waals surface area contributed by atoms with Gasteiger partial charge in [-0.05, 0) is 31.0 Å². The van der Waals surface area contributed by atoms with Crippen LogP contribution in [0.15, 0.2) is 29.6 Å². The molecule has 0 spiro atoms.